The van der Waals surface area contributed by atoms with Crippen LogP contribution >= 0.6 is 11.6 Å². The molecule has 3 aromatic rings. The number of rotatable bonds is 2. The maximum atomic E-state index is 13.7. The highest BCUT2D eigenvalue weighted by atomic mass is 35.5. The van der Waals surface area contributed by atoms with Crippen molar-refractivity contribution < 1.29 is 14.6 Å². The predicted octanol–water partition coefficient (Wildman–Crippen LogP) is 4.42. The minimum atomic E-state index is -1.85. The Morgan fingerprint density at radius 2 is 2.00 bits per heavy atom. The molecule has 0 saturated carbocycles. The number of nitrogens with one attached hydrogen (secondary N) is 1. The zero-order valence-corrected chi connectivity index (χ0v) is 22.0. The number of benzene rings is 1. The third-order valence-electron chi connectivity index (χ3n) is 7.99. The van der Waals surface area contributed by atoms with Crippen LogP contribution in [0.2, 0.25) is 5.02 Å². The van der Waals surface area contributed by atoms with E-state index < -0.39 is 11.6 Å². The molecule has 2 atom stereocenters. The van der Waals surface area contributed by atoms with Gasteiger partial charge < -0.3 is 19.7 Å². The smallest absolute Gasteiger partial charge is 0.343 e. The lowest BCUT2D eigenvalue weighted by Crippen LogP contribution is -2.44. The number of cyclic esters (lactones) is 1. The van der Waals surface area contributed by atoms with E-state index in [1.807, 2.05) is 6.07 Å². The molecule has 0 bridgehead atoms. The standard InChI is InChI=1S/C28H30ClN3O4/c1-6-28(35)17-9-21-24-15(11-32(21)25(33)16(17)12-36-26(28)34)23-19(31-27(3,4)5)8-7-14-13(2)18(29)10-20(30-24)22(14)23/h9-10,19,31,35H,6-8,11-12H2,1-5H3/t19-,28-/m0/s1. The highest BCUT2D eigenvalue weighted by Crippen LogP contribution is 2.46. The molecule has 0 amide bonds. The largest absolute Gasteiger partial charge is 0.458 e. The topological polar surface area (TPSA) is 93.5 Å². The Balaban J connectivity index is 1.67. The highest BCUT2D eigenvalue weighted by molar-refractivity contribution is 6.32. The molecule has 0 unspecified atom stereocenters. The lowest BCUT2D eigenvalue weighted by atomic mass is 9.81. The van der Waals surface area contributed by atoms with Gasteiger partial charge in [-0.1, -0.05) is 18.5 Å². The quantitative estimate of drug-likeness (QED) is 0.390. The van der Waals surface area contributed by atoms with E-state index in [0.717, 1.165) is 34.9 Å². The van der Waals surface area contributed by atoms with Gasteiger partial charge in [0.1, 0.15) is 6.61 Å². The molecule has 188 valence electrons. The van der Waals surface area contributed by atoms with Gasteiger partial charge in [0.05, 0.1) is 29.0 Å². The number of halogens is 1. The van der Waals surface area contributed by atoms with Gasteiger partial charge in [0.2, 0.25) is 0 Å². The molecule has 2 aliphatic heterocycles. The molecule has 36 heavy (non-hydrogen) atoms. The molecule has 1 aliphatic carbocycles. The van der Waals surface area contributed by atoms with Crippen LogP contribution in [0, 0.1) is 6.92 Å². The normalized spacial score (nSPS) is 22.3. The number of carbonyl (C=O) groups is 1. The van der Waals surface area contributed by atoms with Crippen LogP contribution in [0.1, 0.15) is 80.0 Å². The summed E-state index contributed by atoms with van der Waals surface area (Å²) in [6, 6.07) is 3.77. The van der Waals surface area contributed by atoms with Crippen LogP contribution in [0.3, 0.4) is 0 Å². The lowest BCUT2D eigenvalue weighted by Gasteiger charge is -2.34. The van der Waals surface area contributed by atoms with E-state index in [-0.39, 0.29) is 30.2 Å². The van der Waals surface area contributed by atoms with Crippen molar-refractivity contribution in [1.29, 1.82) is 0 Å². The molecule has 3 aliphatic rings. The van der Waals surface area contributed by atoms with E-state index >= 15 is 0 Å². The first-order chi connectivity index (χ1) is 16.9. The van der Waals surface area contributed by atoms with Gasteiger partial charge in [-0.05, 0) is 75.8 Å². The third kappa shape index (κ3) is 3.15. The average molecular weight is 508 g/mol. The van der Waals surface area contributed by atoms with Gasteiger partial charge >= 0.3 is 5.97 Å². The van der Waals surface area contributed by atoms with Gasteiger partial charge in [-0.25, -0.2) is 9.78 Å². The van der Waals surface area contributed by atoms with Gasteiger partial charge in [-0.2, -0.15) is 0 Å². The van der Waals surface area contributed by atoms with Crippen molar-refractivity contribution in [3.63, 3.8) is 0 Å². The summed E-state index contributed by atoms with van der Waals surface area (Å²) in [7, 11) is 0. The van der Waals surface area contributed by atoms with E-state index in [2.05, 4.69) is 33.0 Å². The van der Waals surface area contributed by atoms with Gasteiger partial charge in [-0.15, -0.1) is 0 Å². The molecule has 0 spiro atoms. The molecule has 0 saturated heterocycles. The molecule has 2 N–H and O–H groups in total. The van der Waals surface area contributed by atoms with Gasteiger partial charge in [0.15, 0.2) is 5.60 Å². The summed E-state index contributed by atoms with van der Waals surface area (Å²) in [6.07, 6.45) is 1.92. The second-order valence-corrected chi connectivity index (χ2v) is 11.7. The van der Waals surface area contributed by atoms with Gasteiger partial charge in [0, 0.05) is 33.1 Å². The maximum absolute atomic E-state index is 13.7. The number of esters is 1. The molecular weight excluding hydrogens is 478 g/mol. The fourth-order valence-corrected chi connectivity index (χ4v) is 6.44. The Labute approximate surface area is 214 Å². The second-order valence-electron chi connectivity index (χ2n) is 11.3. The van der Waals surface area contributed by atoms with Crippen LogP contribution in [0.25, 0.3) is 22.3 Å². The molecule has 8 heteroatoms. The van der Waals surface area contributed by atoms with Crippen molar-refractivity contribution in [1.82, 2.24) is 14.9 Å². The molecule has 0 fully saturated rings. The van der Waals surface area contributed by atoms with Crippen molar-refractivity contribution in [3.8, 4) is 11.4 Å². The van der Waals surface area contributed by atoms with Crippen molar-refractivity contribution in [2.75, 3.05) is 0 Å². The Bertz CT molecular complexity index is 1550. The minimum Gasteiger partial charge on any atom is -0.458 e. The Morgan fingerprint density at radius 1 is 1.25 bits per heavy atom. The molecule has 7 nitrogen and oxygen atoms in total. The summed E-state index contributed by atoms with van der Waals surface area (Å²) in [5, 5.41) is 16.8. The number of aromatic nitrogens is 2. The fourth-order valence-electron chi connectivity index (χ4n) is 6.22. The van der Waals surface area contributed by atoms with Crippen LogP contribution < -0.4 is 10.9 Å². The summed E-state index contributed by atoms with van der Waals surface area (Å²) in [6.45, 7) is 10.5. The predicted molar refractivity (Wildman–Crippen MR) is 138 cm³/mol. The number of aliphatic hydroxyl groups is 1. The first-order valence-electron chi connectivity index (χ1n) is 12.5. The van der Waals surface area contributed by atoms with Crippen molar-refractivity contribution in [2.45, 2.75) is 84.2 Å². The summed E-state index contributed by atoms with van der Waals surface area (Å²) in [5.74, 6) is -0.719. The summed E-state index contributed by atoms with van der Waals surface area (Å²) in [5.41, 5.74) is 5.07. The number of aryl methyl sites for hydroxylation is 1. The fraction of sp³-hybridized carbons (Fsp3) is 0.464. The van der Waals surface area contributed by atoms with Crippen LogP contribution in [0.15, 0.2) is 16.9 Å². The van der Waals surface area contributed by atoms with Crippen LogP contribution in [-0.2, 0) is 34.7 Å². The van der Waals surface area contributed by atoms with E-state index in [1.165, 1.54) is 11.1 Å². The van der Waals surface area contributed by atoms with Crippen molar-refractivity contribution >= 4 is 28.5 Å². The van der Waals surface area contributed by atoms with Crippen LogP contribution in [0.4, 0.5) is 0 Å². The van der Waals surface area contributed by atoms with Gasteiger partial charge in [0.25, 0.3) is 5.56 Å². The van der Waals surface area contributed by atoms with E-state index in [4.69, 9.17) is 21.3 Å². The molecule has 1 aromatic carbocycles. The molecule has 0 radical (unpaired) electrons. The molecule has 6 rings (SSSR count). The molecule has 2 aromatic heterocycles. The van der Waals surface area contributed by atoms with E-state index in [1.54, 1.807) is 17.6 Å². The van der Waals surface area contributed by atoms with Crippen molar-refractivity contribution in [3.05, 3.63) is 60.9 Å². The first kappa shape index (κ1) is 23.6. The molecule has 4 heterocycles. The zero-order valence-electron chi connectivity index (χ0n) is 21.2. The monoisotopic (exact) mass is 507 g/mol. The number of nitrogens with zero attached hydrogens (tertiary/aromatic N) is 2. The number of pyridine rings is 2. The van der Waals surface area contributed by atoms with E-state index in [9.17, 15) is 14.7 Å². The first-order valence-corrected chi connectivity index (χ1v) is 12.9. The second kappa shape index (κ2) is 7.63. The van der Waals surface area contributed by atoms with Crippen LogP contribution in [0.5, 0.6) is 0 Å². The lowest BCUT2D eigenvalue weighted by molar-refractivity contribution is -0.172. The number of hydrogen-bond donors (Lipinski definition) is 2. The Morgan fingerprint density at radius 3 is 2.69 bits per heavy atom. The number of ether oxygens (including phenoxy) is 1. The number of fused-ring (bicyclic) bond motifs is 5. The number of hydrogen-bond acceptors (Lipinski definition) is 6. The third-order valence-corrected chi connectivity index (χ3v) is 8.38. The maximum Gasteiger partial charge on any atom is 0.343 e. The minimum absolute atomic E-state index is 0.0921. The highest BCUT2D eigenvalue weighted by Gasteiger charge is 2.46. The average Bonchev–Trinajstić information content (AvgIpc) is 3.18. The van der Waals surface area contributed by atoms with Gasteiger partial charge in [-0.3, -0.25) is 4.79 Å². The van der Waals surface area contributed by atoms with Crippen LogP contribution in [-0.4, -0.2) is 26.2 Å². The van der Waals surface area contributed by atoms with Crippen molar-refractivity contribution in [2.24, 2.45) is 0 Å². The number of carbonyl (C=O) groups excluding carboxylic acids is 1. The summed E-state index contributed by atoms with van der Waals surface area (Å²) < 4.78 is 6.92. The molecular formula is C28H30ClN3O4. The zero-order chi connectivity index (χ0) is 25.7. The summed E-state index contributed by atoms with van der Waals surface area (Å²) in [4.78, 5) is 31.2. The van der Waals surface area contributed by atoms with E-state index in [0.29, 0.717) is 34.1 Å². The Kier molecular flexibility index (Phi) is 5.01. The SMILES string of the molecule is CC[C@@]1(O)C(=O)OCc2c1cc1n(c2=O)Cc2c-1nc1cc(Cl)c(C)c3c1c2[C@@H](NC(C)(C)C)CC3. The summed E-state index contributed by atoms with van der Waals surface area (Å²) >= 11 is 6.64. The Hall–Kier alpha value is -2.74.